The van der Waals surface area contributed by atoms with Crippen molar-refractivity contribution in [1.82, 2.24) is 5.32 Å². The molecule has 19 heavy (non-hydrogen) atoms. The van der Waals surface area contributed by atoms with Gasteiger partial charge >= 0.3 is 5.95 Å². The Bertz CT molecular complexity index is 334. The van der Waals surface area contributed by atoms with Gasteiger partial charge in [-0.2, -0.15) is 0 Å². The third-order valence-electron chi connectivity index (χ3n) is 3.93. The summed E-state index contributed by atoms with van der Waals surface area (Å²) >= 11 is 0. The van der Waals surface area contributed by atoms with Crippen LogP contribution in [-0.4, -0.2) is 11.8 Å². The van der Waals surface area contributed by atoms with Crippen LogP contribution in [0, 0.1) is 5.92 Å². The molecule has 0 bridgehead atoms. The zero-order chi connectivity index (χ0) is 13.9. The van der Waals surface area contributed by atoms with Crippen molar-refractivity contribution in [2.45, 2.75) is 84.5 Å². The minimum Gasteiger partial charge on any atom is -0.461 e. The first-order chi connectivity index (χ1) is 9.05. The maximum absolute atomic E-state index is 6.10. The van der Waals surface area contributed by atoms with Gasteiger partial charge in [-0.15, -0.1) is 0 Å². The zero-order valence-electron chi connectivity index (χ0n) is 12.9. The van der Waals surface area contributed by atoms with E-state index in [0.29, 0.717) is 5.92 Å². The van der Waals surface area contributed by atoms with E-state index in [1.807, 2.05) is 0 Å². The van der Waals surface area contributed by atoms with Crippen LogP contribution in [0.5, 0.6) is 0 Å². The highest BCUT2D eigenvalue weighted by Crippen LogP contribution is 2.45. The monoisotopic (exact) mass is 267 g/mol. The van der Waals surface area contributed by atoms with E-state index in [1.165, 1.54) is 44.2 Å². The van der Waals surface area contributed by atoms with Gasteiger partial charge in [0.05, 0.1) is 11.8 Å². The highest BCUT2D eigenvalue weighted by atomic mass is 16.7. The second-order valence-corrected chi connectivity index (χ2v) is 6.35. The van der Waals surface area contributed by atoms with Crippen LogP contribution in [0.25, 0.3) is 0 Å². The molecule has 1 fully saturated rings. The predicted octanol–water partition coefficient (Wildman–Crippen LogP) is 4.30. The highest BCUT2D eigenvalue weighted by molar-refractivity contribution is 5.14. The summed E-state index contributed by atoms with van der Waals surface area (Å²) < 4.78 is 11.9. The second-order valence-electron chi connectivity index (χ2n) is 6.35. The van der Waals surface area contributed by atoms with Crippen molar-refractivity contribution in [2.75, 3.05) is 0 Å². The molecule has 1 heterocycles. The molecule has 3 heteroatoms. The van der Waals surface area contributed by atoms with E-state index in [-0.39, 0.29) is 11.8 Å². The largest absolute Gasteiger partial charge is 0.461 e. The van der Waals surface area contributed by atoms with Crippen LogP contribution in [0.3, 0.4) is 0 Å². The Morgan fingerprint density at radius 2 is 2.05 bits per heavy atom. The minimum absolute atomic E-state index is 0.170. The summed E-state index contributed by atoms with van der Waals surface area (Å²) in [6, 6.07) is 0. The lowest BCUT2D eigenvalue weighted by Gasteiger charge is -2.25. The standard InChI is InChI=1S/C16H29NO2/c1-5-6-7-8-9-14-15(18-12(2)3)19-16(4,17-14)13-10-11-13/h12-13,17H,5-11H2,1-4H3. The SMILES string of the molecule is CCCCCCC1=C(OC(C)C)OC(C)(C2CC2)N1. The third-order valence-corrected chi connectivity index (χ3v) is 3.93. The van der Waals surface area contributed by atoms with E-state index in [2.05, 4.69) is 33.0 Å². The van der Waals surface area contributed by atoms with Crippen LogP contribution in [0.1, 0.15) is 72.6 Å². The number of rotatable bonds is 8. The number of hydrogen-bond donors (Lipinski definition) is 1. The first-order valence-corrected chi connectivity index (χ1v) is 7.92. The molecule has 2 rings (SSSR count). The van der Waals surface area contributed by atoms with Crippen molar-refractivity contribution in [2.24, 2.45) is 5.92 Å². The van der Waals surface area contributed by atoms with Crippen molar-refractivity contribution in [3.63, 3.8) is 0 Å². The molecule has 1 unspecified atom stereocenters. The lowest BCUT2D eigenvalue weighted by Crippen LogP contribution is -2.41. The minimum atomic E-state index is -0.218. The first-order valence-electron chi connectivity index (χ1n) is 7.92. The lowest BCUT2D eigenvalue weighted by atomic mass is 10.1. The zero-order valence-corrected chi connectivity index (χ0v) is 12.9. The Balaban J connectivity index is 1.92. The average molecular weight is 267 g/mol. The molecular formula is C16H29NO2. The molecule has 1 N–H and O–H groups in total. The molecule has 0 radical (unpaired) electrons. The van der Waals surface area contributed by atoms with Gasteiger partial charge in [-0.05, 0) is 46.5 Å². The van der Waals surface area contributed by atoms with Gasteiger partial charge in [-0.1, -0.05) is 26.2 Å². The Hall–Kier alpha value is -0.860. The predicted molar refractivity (Wildman–Crippen MR) is 77.4 cm³/mol. The summed E-state index contributed by atoms with van der Waals surface area (Å²) in [4.78, 5) is 0. The molecule has 3 nitrogen and oxygen atoms in total. The molecule has 0 spiro atoms. The van der Waals surface area contributed by atoms with Crippen LogP contribution in [0.2, 0.25) is 0 Å². The first kappa shape index (κ1) is 14.5. The van der Waals surface area contributed by atoms with Crippen molar-refractivity contribution >= 4 is 0 Å². The Morgan fingerprint density at radius 1 is 1.32 bits per heavy atom. The smallest absolute Gasteiger partial charge is 0.301 e. The summed E-state index contributed by atoms with van der Waals surface area (Å²) in [6.07, 6.45) is 8.84. The summed E-state index contributed by atoms with van der Waals surface area (Å²) in [5.74, 6) is 1.40. The number of hydrogen-bond acceptors (Lipinski definition) is 3. The fourth-order valence-corrected chi connectivity index (χ4v) is 2.65. The van der Waals surface area contributed by atoms with Gasteiger partial charge in [0.1, 0.15) is 0 Å². The number of allylic oxidation sites excluding steroid dienone is 1. The molecule has 0 aromatic heterocycles. The van der Waals surface area contributed by atoms with Gasteiger partial charge < -0.3 is 14.8 Å². The van der Waals surface area contributed by atoms with E-state index >= 15 is 0 Å². The van der Waals surface area contributed by atoms with Crippen molar-refractivity contribution in [3.05, 3.63) is 11.6 Å². The van der Waals surface area contributed by atoms with Gasteiger partial charge in [-0.3, -0.25) is 0 Å². The van der Waals surface area contributed by atoms with E-state index in [4.69, 9.17) is 9.47 Å². The maximum atomic E-state index is 6.10. The van der Waals surface area contributed by atoms with Crippen molar-refractivity contribution in [1.29, 1.82) is 0 Å². The maximum Gasteiger partial charge on any atom is 0.301 e. The fourth-order valence-electron chi connectivity index (χ4n) is 2.65. The van der Waals surface area contributed by atoms with Gasteiger partial charge in [0.25, 0.3) is 0 Å². The van der Waals surface area contributed by atoms with Gasteiger partial charge in [0.15, 0.2) is 5.72 Å². The lowest BCUT2D eigenvalue weighted by molar-refractivity contribution is -0.0750. The molecule has 1 atom stereocenters. The van der Waals surface area contributed by atoms with Crippen molar-refractivity contribution in [3.8, 4) is 0 Å². The summed E-state index contributed by atoms with van der Waals surface area (Å²) in [5.41, 5.74) is 0.962. The molecule has 1 aliphatic heterocycles. The van der Waals surface area contributed by atoms with E-state index in [9.17, 15) is 0 Å². The number of unbranched alkanes of at least 4 members (excludes halogenated alkanes) is 3. The molecular weight excluding hydrogens is 238 g/mol. The molecule has 0 aromatic rings. The molecule has 0 saturated heterocycles. The van der Waals surface area contributed by atoms with E-state index < -0.39 is 0 Å². The fraction of sp³-hybridized carbons (Fsp3) is 0.875. The summed E-state index contributed by atoms with van der Waals surface area (Å²) in [5, 5.41) is 3.59. The average Bonchev–Trinajstić information content (AvgIpc) is 3.12. The van der Waals surface area contributed by atoms with Gasteiger partial charge in [0.2, 0.25) is 0 Å². The summed E-state index contributed by atoms with van der Waals surface area (Å²) in [7, 11) is 0. The van der Waals surface area contributed by atoms with Crippen LogP contribution >= 0.6 is 0 Å². The molecule has 0 amide bonds. The Labute approximate surface area is 117 Å². The van der Waals surface area contributed by atoms with E-state index in [0.717, 1.165) is 12.4 Å². The molecule has 0 aromatic carbocycles. The third kappa shape index (κ3) is 3.80. The number of ether oxygens (including phenoxy) is 2. The van der Waals surface area contributed by atoms with Crippen LogP contribution in [0.4, 0.5) is 0 Å². The summed E-state index contributed by atoms with van der Waals surface area (Å²) in [6.45, 7) is 8.51. The normalized spacial score (nSPS) is 26.6. The van der Waals surface area contributed by atoms with Crippen LogP contribution in [0.15, 0.2) is 11.6 Å². The Morgan fingerprint density at radius 3 is 2.63 bits per heavy atom. The topological polar surface area (TPSA) is 30.5 Å². The van der Waals surface area contributed by atoms with E-state index in [1.54, 1.807) is 0 Å². The van der Waals surface area contributed by atoms with Gasteiger partial charge in [-0.25, -0.2) is 0 Å². The molecule has 2 aliphatic rings. The Kier molecular flexibility index (Phi) is 4.64. The van der Waals surface area contributed by atoms with Crippen LogP contribution in [-0.2, 0) is 9.47 Å². The quantitative estimate of drug-likeness (QED) is 0.665. The molecule has 1 aliphatic carbocycles. The van der Waals surface area contributed by atoms with Crippen LogP contribution < -0.4 is 5.32 Å². The van der Waals surface area contributed by atoms with Crippen molar-refractivity contribution < 1.29 is 9.47 Å². The molecule has 110 valence electrons. The highest BCUT2D eigenvalue weighted by Gasteiger charge is 2.49. The number of nitrogens with one attached hydrogen (secondary N) is 1. The second kappa shape index (κ2) is 6.06. The van der Waals surface area contributed by atoms with Gasteiger partial charge in [0, 0.05) is 5.92 Å². The molecule has 1 saturated carbocycles.